The SMILES string of the molecule is Cc1nn(-c2ccccc2)c(C)c1/C=N/n1c(-c2ccccc2F)n[nH]c1=S. The van der Waals surface area contributed by atoms with E-state index in [0.29, 0.717) is 11.4 Å². The van der Waals surface area contributed by atoms with E-state index in [1.165, 1.54) is 10.7 Å². The zero-order valence-electron chi connectivity index (χ0n) is 15.3. The van der Waals surface area contributed by atoms with Gasteiger partial charge in [-0.2, -0.15) is 20.0 Å². The summed E-state index contributed by atoms with van der Waals surface area (Å²) in [5.74, 6) is -0.0812. The van der Waals surface area contributed by atoms with Crippen LogP contribution in [0.25, 0.3) is 17.1 Å². The van der Waals surface area contributed by atoms with Gasteiger partial charge in [0.15, 0.2) is 5.82 Å². The summed E-state index contributed by atoms with van der Waals surface area (Å²) in [6.45, 7) is 3.89. The van der Waals surface area contributed by atoms with Crippen molar-refractivity contribution >= 4 is 18.4 Å². The number of para-hydroxylation sites is 1. The largest absolute Gasteiger partial charge is 0.250 e. The molecule has 2 aromatic carbocycles. The van der Waals surface area contributed by atoms with Crippen LogP contribution >= 0.6 is 12.2 Å². The van der Waals surface area contributed by atoms with Crippen LogP contribution in [0.3, 0.4) is 0 Å². The fourth-order valence-corrected chi connectivity index (χ4v) is 3.17. The van der Waals surface area contributed by atoms with Crippen molar-refractivity contribution in [2.45, 2.75) is 13.8 Å². The number of H-pyrrole nitrogens is 1. The lowest BCUT2D eigenvalue weighted by Gasteiger charge is -2.04. The summed E-state index contributed by atoms with van der Waals surface area (Å²) < 4.78 is 17.7. The van der Waals surface area contributed by atoms with Crippen LogP contribution in [0.5, 0.6) is 0 Å². The van der Waals surface area contributed by atoms with Crippen molar-refractivity contribution in [2.24, 2.45) is 5.10 Å². The monoisotopic (exact) mass is 392 g/mol. The van der Waals surface area contributed by atoms with Crippen molar-refractivity contribution in [3.05, 3.63) is 82.1 Å². The zero-order chi connectivity index (χ0) is 19.7. The van der Waals surface area contributed by atoms with E-state index >= 15 is 0 Å². The smallest absolute Gasteiger partial charge is 0.216 e. The van der Waals surface area contributed by atoms with Gasteiger partial charge < -0.3 is 0 Å². The Morgan fingerprint density at radius 3 is 2.54 bits per heavy atom. The second-order valence-corrected chi connectivity index (χ2v) is 6.61. The van der Waals surface area contributed by atoms with Crippen LogP contribution in [0.4, 0.5) is 4.39 Å². The summed E-state index contributed by atoms with van der Waals surface area (Å²) in [6, 6.07) is 16.2. The van der Waals surface area contributed by atoms with Gasteiger partial charge in [-0.1, -0.05) is 30.3 Å². The van der Waals surface area contributed by atoms with Gasteiger partial charge in [0, 0.05) is 5.56 Å². The number of aromatic amines is 1. The maximum absolute atomic E-state index is 14.2. The molecule has 1 N–H and O–H groups in total. The molecule has 0 aliphatic heterocycles. The highest BCUT2D eigenvalue weighted by atomic mass is 32.1. The van der Waals surface area contributed by atoms with Gasteiger partial charge in [0.1, 0.15) is 5.82 Å². The molecule has 0 aliphatic rings. The molecule has 0 atom stereocenters. The van der Waals surface area contributed by atoms with Gasteiger partial charge in [0.25, 0.3) is 0 Å². The molecule has 0 spiro atoms. The van der Waals surface area contributed by atoms with Crippen molar-refractivity contribution < 1.29 is 4.39 Å². The normalized spacial score (nSPS) is 11.4. The Hall–Kier alpha value is -3.39. The molecule has 4 aromatic rings. The lowest BCUT2D eigenvalue weighted by atomic mass is 10.2. The molecule has 0 saturated heterocycles. The Morgan fingerprint density at radius 1 is 1.07 bits per heavy atom. The first-order valence-corrected chi connectivity index (χ1v) is 9.05. The molecule has 0 bridgehead atoms. The third kappa shape index (κ3) is 3.18. The summed E-state index contributed by atoms with van der Waals surface area (Å²) in [5.41, 5.74) is 3.92. The lowest BCUT2D eigenvalue weighted by Crippen LogP contribution is -2.00. The van der Waals surface area contributed by atoms with Gasteiger partial charge in [0.05, 0.1) is 28.9 Å². The molecule has 2 heterocycles. The predicted octanol–water partition coefficient (Wildman–Crippen LogP) is 4.43. The van der Waals surface area contributed by atoms with Gasteiger partial charge in [-0.15, -0.1) is 0 Å². The number of aryl methyl sites for hydroxylation is 1. The molecule has 0 unspecified atom stereocenters. The highest BCUT2D eigenvalue weighted by Gasteiger charge is 2.14. The lowest BCUT2D eigenvalue weighted by molar-refractivity contribution is 0.628. The van der Waals surface area contributed by atoms with Crippen LogP contribution in [0.15, 0.2) is 59.7 Å². The number of halogens is 1. The van der Waals surface area contributed by atoms with E-state index in [1.54, 1.807) is 24.4 Å². The van der Waals surface area contributed by atoms with Crippen LogP contribution in [-0.2, 0) is 0 Å². The van der Waals surface area contributed by atoms with Gasteiger partial charge in [-0.25, -0.2) is 14.2 Å². The Balaban J connectivity index is 1.76. The summed E-state index contributed by atoms with van der Waals surface area (Å²) in [7, 11) is 0. The van der Waals surface area contributed by atoms with E-state index < -0.39 is 5.82 Å². The van der Waals surface area contributed by atoms with Crippen LogP contribution < -0.4 is 0 Å². The maximum Gasteiger partial charge on any atom is 0.216 e. The highest BCUT2D eigenvalue weighted by molar-refractivity contribution is 7.71. The Labute approximate surface area is 166 Å². The molecule has 4 rings (SSSR count). The van der Waals surface area contributed by atoms with Crippen LogP contribution in [0.2, 0.25) is 0 Å². The van der Waals surface area contributed by atoms with Gasteiger partial charge >= 0.3 is 0 Å². The Bertz CT molecular complexity index is 1220. The minimum atomic E-state index is -0.391. The van der Waals surface area contributed by atoms with E-state index in [0.717, 1.165) is 22.6 Å². The van der Waals surface area contributed by atoms with E-state index in [4.69, 9.17) is 12.2 Å². The van der Waals surface area contributed by atoms with E-state index in [1.807, 2.05) is 48.9 Å². The first kappa shape index (κ1) is 18.0. The van der Waals surface area contributed by atoms with E-state index in [-0.39, 0.29) is 4.77 Å². The first-order chi connectivity index (χ1) is 13.6. The minimum Gasteiger partial charge on any atom is -0.250 e. The van der Waals surface area contributed by atoms with Crippen molar-refractivity contribution in [1.82, 2.24) is 24.7 Å². The molecule has 0 saturated carbocycles. The molecule has 0 amide bonds. The summed E-state index contributed by atoms with van der Waals surface area (Å²) in [6.07, 6.45) is 1.67. The van der Waals surface area contributed by atoms with Crippen molar-refractivity contribution in [3.63, 3.8) is 0 Å². The molecular formula is C20H17FN6S. The predicted molar refractivity (Wildman–Crippen MR) is 109 cm³/mol. The Morgan fingerprint density at radius 2 is 1.79 bits per heavy atom. The summed E-state index contributed by atoms with van der Waals surface area (Å²) >= 11 is 5.27. The quantitative estimate of drug-likeness (QED) is 0.413. The third-order valence-corrected chi connectivity index (χ3v) is 4.68. The van der Waals surface area contributed by atoms with E-state index in [9.17, 15) is 4.39 Å². The Kier molecular flexibility index (Phi) is 4.70. The van der Waals surface area contributed by atoms with Gasteiger partial charge in [-0.05, 0) is 50.3 Å². The third-order valence-electron chi connectivity index (χ3n) is 4.42. The maximum atomic E-state index is 14.2. The zero-order valence-corrected chi connectivity index (χ0v) is 16.1. The van der Waals surface area contributed by atoms with Gasteiger partial charge in [0.2, 0.25) is 4.77 Å². The molecule has 140 valence electrons. The van der Waals surface area contributed by atoms with Crippen molar-refractivity contribution in [2.75, 3.05) is 0 Å². The standard InChI is InChI=1S/C20H17FN6S/c1-13-17(14(2)26(25-13)15-8-4-3-5-9-15)12-22-27-19(23-24-20(27)28)16-10-6-7-11-18(16)21/h3-12H,1-2H3,(H,24,28)/b22-12+. The second-order valence-electron chi connectivity index (χ2n) is 6.22. The topological polar surface area (TPSA) is 63.8 Å². The number of nitrogens with zero attached hydrogens (tertiary/aromatic N) is 5. The van der Waals surface area contributed by atoms with Crippen LogP contribution in [0.1, 0.15) is 17.0 Å². The van der Waals surface area contributed by atoms with Gasteiger partial charge in [-0.3, -0.25) is 0 Å². The van der Waals surface area contributed by atoms with E-state index in [2.05, 4.69) is 20.4 Å². The molecule has 0 radical (unpaired) electrons. The average molecular weight is 392 g/mol. The minimum absolute atomic E-state index is 0.278. The first-order valence-electron chi connectivity index (χ1n) is 8.64. The van der Waals surface area contributed by atoms with Crippen LogP contribution in [0, 0.1) is 24.4 Å². The molecular weight excluding hydrogens is 375 g/mol. The van der Waals surface area contributed by atoms with Crippen molar-refractivity contribution in [1.29, 1.82) is 0 Å². The number of aromatic nitrogens is 5. The molecule has 8 heteroatoms. The molecule has 0 fully saturated rings. The number of benzene rings is 2. The molecule has 0 aliphatic carbocycles. The van der Waals surface area contributed by atoms with Crippen LogP contribution in [-0.4, -0.2) is 30.9 Å². The van der Waals surface area contributed by atoms with Crippen molar-refractivity contribution in [3.8, 4) is 17.1 Å². The molecule has 28 heavy (non-hydrogen) atoms. The number of hydrogen-bond acceptors (Lipinski definition) is 4. The average Bonchev–Trinajstić information content (AvgIpc) is 3.20. The summed E-state index contributed by atoms with van der Waals surface area (Å²) in [4.78, 5) is 0. The molecule has 2 aromatic heterocycles. The molecule has 6 nitrogen and oxygen atoms in total. The summed E-state index contributed by atoms with van der Waals surface area (Å²) in [5, 5.41) is 15.9. The number of nitrogens with one attached hydrogen (secondary N) is 1. The number of hydrogen-bond donors (Lipinski definition) is 1. The second kappa shape index (κ2) is 7.32. The fraction of sp³-hybridized carbons (Fsp3) is 0.100. The highest BCUT2D eigenvalue weighted by Crippen LogP contribution is 2.21. The number of rotatable bonds is 4. The fourth-order valence-electron chi connectivity index (χ4n) is 2.99.